The molecule has 0 amide bonds. The summed E-state index contributed by atoms with van der Waals surface area (Å²) in [6, 6.07) is 0.0601. The molecular formula is C22H20F9NO2. The molecule has 0 radical (unpaired) electrons. The average Bonchev–Trinajstić information content (AvgIpc) is 2.71. The number of benzene rings is 1. The first-order valence-electron chi connectivity index (χ1n) is 10.3. The molecule has 1 unspecified atom stereocenters. The number of piperidine rings is 1. The molecule has 0 bridgehead atoms. The van der Waals surface area contributed by atoms with E-state index in [9.17, 15) is 49.4 Å². The quantitative estimate of drug-likeness (QED) is 0.482. The molecule has 3 nitrogen and oxygen atoms in total. The molecule has 1 aliphatic carbocycles. The van der Waals surface area contributed by atoms with Gasteiger partial charge in [-0.15, -0.1) is 0 Å². The Morgan fingerprint density at radius 3 is 2.18 bits per heavy atom. The van der Waals surface area contributed by atoms with Gasteiger partial charge in [0.1, 0.15) is 0 Å². The minimum atomic E-state index is -4.95. The molecular weight excluding hydrogens is 481 g/mol. The van der Waals surface area contributed by atoms with E-state index in [0.717, 1.165) is 12.2 Å². The van der Waals surface area contributed by atoms with Crippen molar-refractivity contribution in [3.63, 3.8) is 0 Å². The predicted molar refractivity (Wildman–Crippen MR) is 102 cm³/mol. The van der Waals surface area contributed by atoms with Crippen LogP contribution in [-0.4, -0.2) is 34.7 Å². The fraction of sp³-hybridized carbons (Fsp3) is 0.500. The van der Waals surface area contributed by atoms with E-state index in [0.29, 0.717) is 18.2 Å². The number of alkyl halides is 9. The second kappa shape index (κ2) is 9.27. The largest absolute Gasteiger partial charge is 0.481 e. The Labute approximate surface area is 188 Å². The van der Waals surface area contributed by atoms with E-state index in [1.54, 1.807) is 0 Å². The zero-order valence-corrected chi connectivity index (χ0v) is 17.4. The summed E-state index contributed by atoms with van der Waals surface area (Å²) in [5, 5.41) is 9.66. The summed E-state index contributed by atoms with van der Waals surface area (Å²) in [5.41, 5.74) is -4.16. The fourth-order valence-corrected chi connectivity index (χ4v) is 4.61. The zero-order chi connectivity index (χ0) is 25.5. The standard InChI is InChI=1S/C22H20F9NO2/c23-20(24,25)14-5-3-12(4-6-14)18-16(19(33)34)2-1-9-32(18)11-13-10-15(21(26,27)28)7-8-17(13)22(29,30)31/h3,5-8,10,12,16,18H,1-2,4,9,11H2,(H,33,34)/t12?,16-,18-/m0/s1. The average molecular weight is 501 g/mol. The number of halogens is 9. The second-order valence-corrected chi connectivity index (χ2v) is 8.33. The number of carboxylic acid groups (broad SMARTS) is 1. The maximum Gasteiger partial charge on any atom is 0.416 e. The van der Waals surface area contributed by atoms with Crippen LogP contribution < -0.4 is 0 Å². The lowest BCUT2D eigenvalue weighted by Crippen LogP contribution is -2.51. The molecule has 12 heteroatoms. The van der Waals surface area contributed by atoms with Crippen molar-refractivity contribution in [2.24, 2.45) is 11.8 Å². The molecule has 0 spiro atoms. The molecule has 34 heavy (non-hydrogen) atoms. The van der Waals surface area contributed by atoms with Gasteiger partial charge in [-0.05, 0) is 55.5 Å². The van der Waals surface area contributed by atoms with Crippen LogP contribution in [0.5, 0.6) is 0 Å². The van der Waals surface area contributed by atoms with Crippen molar-refractivity contribution in [2.75, 3.05) is 6.54 Å². The van der Waals surface area contributed by atoms with Gasteiger partial charge in [-0.3, -0.25) is 9.69 Å². The third-order valence-corrected chi connectivity index (χ3v) is 6.12. The molecule has 1 aromatic rings. The molecule has 1 fully saturated rings. The van der Waals surface area contributed by atoms with Crippen molar-refractivity contribution in [3.05, 3.63) is 58.7 Å². The molecule has 3 atom stereocenters. The Kier molecular flexibility index (Phi) is 7.12. The zero-order valence-electron chi connectivity index (χ0n) is 17.4. The molecule has 0 aromatic heterocycles. The van der Waals surface area contributed by atoms with Crippen molar-refractivity contribution in [1.82, 2.24) is 4.90 Å². The second-order valence-electron chi connectivity index (χ2n) is 8.33. The summed E-state index contributed by atoms with van der Waals surface area (Å²) < 4.78 is 119. The van der Waals surface area contributed by atoms with Crippen LogP contribution in [0.15, 0.2) is 42.0 Å². The number of likely N-dealkylation sites (tertiary alicyclic amines) is 1. The van der Waals surface area contributed by atoms with Gasteiger partial charge in [0.15, 0.2) is 0 Å². The maximum atomic E-state index is 13.5. The molecule has 1 aromatic carbocycles. The highest BCUT2D eigenvalue weighted by molar-refractivity contribution is 5.71. The van der Waals surface area contributed by atoms with Crippen LogP contribution in [0, 0.1) is 11.8 Å². The third-order valence-electron chi connectivity index (χ3n) is 6.12. The minimum absolute atomic E-state index is 0.0855. The van der Waals surface area contributed by atoms with Gasteiger partial charge in [-0.1, -0.05) is 18.2 Å². The number of hydrogen-bond donors (Lipinski definition) is 1. The van der Waals surface area contributed by atoms with E-state index in [1.807, 2.05) is 0 Å². The normalized spacial score (nSPS) is 24.7. The van der Waals surface area contributed by atoms with E-state index in [2.05, 4.69) is 0 Å². The molecule has 188 valence electrons. The molecule has 3 rings (SSSR count). The number of hydrogen-bond acceptors (Lipinski definition) is 2. The molecule has 0 saturated carbocycles. The summed E-state index contributed by atoms with van der Waals surface area (Å²) in [6.45, 7) is -0.546. The van der Waals surface area contributed by atoms with Crippen molar-refractivity contribution >= 4 is 5.97 Å². The highest BCUT2D eigenvalue weighted by Crippen LogP contribution is 2.40. The Balaban J connectivity index is 1.98. The lowest BCUT2D eigenvalue weighted by molar-refractivity contribution is -0.148. The lowest BCUT2D eigenvalue weighted by Gasteiger charge is -2.44. The summed E-state index contributed by atoms with van der Waals surface area (Å²) in [5.74, 6) is -3.15. The number of aliphatic carboxylic acids is 1. The lowest BCUT2D eigenvalue weighted by atomic mass is 9.77. The van der Waals surface area contributed by atoms with Crippen LogP contribution in [0.1, 0.15) is 36.0 Å². The summed E-state index contributed by atoms with van der Waals surface area (Å²) in [6.07, 6.45) is -11.4. The van der Waals surface area contributed by atoms with E-state index in [4.69, 9.17) is 0 Å². The van der Waals surface area contributed by atoms with Crippen molar-refractivity contribution < 1.29 is 49.4 Å². The topological polar surface area (TPSA) is 40.5 Å². The summed E-state index contributed by atoms with van der Waals surface area (Å²) in [4.78, 5) is 13.2. The maximum absolute atomic E-state index is 13.5. The number of carboxylic acids is 1. The number of carbonyl (C=O) groups is 1. The minimum Gasteiger partial charge on any atom is -0.481 e. The fourth-order valence-electron chi connectivity index (χ4n) is 4.61. The Morgan fingerprint density at radius 2 is 1.68 bits per heavy atom. The Morgan fingerprint density at radius 1 is 1.00 bits per heavy atom. The summed E-state index contributed by atoms with van der Waals surface area (Å²) >= 11 is 0. The highest BCUT2D eigenvalue weighted by atomic mass is 19.4. The summed E-state index contributed by atoms with van der Waals surface area (Å²) in [7, 11) is 0. The van der Waals surface area contributed by atoms with Crippen LogP contribution in [0.25, 0.3) is 0 Å². The first kappa shape index (κ1) is 26.1. The predicted octanol–water partition coefficient (Wildman–Crippen LogP) is 6.45. The van der Waals surface area contributed by atoms with Gasteiger partial charge in [0, 0.05) is 12.6 Å². The van der Waals surface area contributed by atoms with Gasteiger partial charge in [0.05, 0.1) is 22.6 Å². The smallest absolute Gasteiger partial charge is 0.416 e. The molecule has 2 aliphatic rings. The monoisotopic (exact) mass is 501 g/mol. The van der Waals surface area contributed by atoms with Gasteiger partial charge in [0.2, 0.25) is 0 Å². The number of rotatable bonds is 4. The van der Waals surface area contributed by atoms with E-state index >= 15 is 0 Å². The van der Waals surface area contributed by atoms with Gasteiger partial charge >= 0.3 is 24.5 Å². The SMILES string of the molecule is O=C(O)[C@H]1CCCN(Cc2cc(C(F)(F)F)ccc2C(F)(F)F)[C@H]1C1C=CC(C(F)(F)F)=CC1. The van der Waals surface area contributed by atoms with Crippen LogP contribution in [0.2, 0.25) is 0 Å². The molecule has 1 N–H and O–H groups in total. The Hall–Kier alpha value is -2.50. The van der Waals surface area contributed by atoms with E-state index < -0.39 is 71.2 Å². The highest BCUT2D eigenvalue weighted by Gasteiger charge is 2.43. The first-order valence-corrected chi connectivity index (χ1v) is 10.3. The van der Waals surface area contributed by atoms with Gasteiger partial charge in [0.25, 0.3) is 0 Å². The van der Waals surface area contributed by atoms with Crippen LogP contribution in [0.3, 0.4) is 0 Å². The first-order chi connectivity index (χ1) is 15.6. The molecule has 1 aliphatic heterocycles. The van der Waals surface area contributed by atoms with Crippen molar-refractivity contribution in [3.8, 4) is 0 Å². The van der Waals surface area contributed by atoms with Crippen LogP contribution in [0.4, 0.5) is 39.5 Å². The third kappa shape index (κ3) is 5.76. The number of nitrogens with zero attached hydrogens (tertiary/aromatic N) is 1. The van der Waals surface area contributed by atoms with Crippen LogP contribution >= 0.6 is 0 Å². The van der Waals surface area contributed by atoms with Gasteiger partial charge < -0.3 is 5.11 Å². The van der Waals surface area contributed by atoms with Crippen molar-refractivity contribution in [2.45, 2.75) is 50.4 Å². The number of allylic oxidation sites excluding steroid dienone is 3. The van der Waals surface area contributed by atoms with E-state index in [1.165, 1.54) is 11.0 Å². The van der Waals surface area contributed by atoms with Gasteiger partial charge in [-0.25, -0.2) is 0 Å². The van der Waals surface area contributed by atoms with Crippen LogP contribution in [-0.2, 0) is 23.7 Å². The van der Waals surface area contributed by atoms with Gasteiger partial charge in [-0.2, -0.15) is 39.5 Å². The molecule has 1 saturated heterocycles. The molecule has 1 heterocycles. The Bertz CT molecular complexity index is 976. The van der Waals surface area contributed by atoms with E-state index in [-0.39, 0.29) is 25.8 Å². The van der Waals surface area contributed by atoms with Crippen molar-refractivity contribution in [1.29, 1.82) is 0 Å².